The summed E-state index contributed by atoms with van der Waals surface area (Å²) in [6, 6.07) is 6.12. The van der Waals surface area contributed by atoms with Crippen LogP contribution in [0.3, 0.4) is 0 Å². The van der Waals surface area contributed by atoms with Crippen LogP contribution in [0.5, 0.6) is 5.75 Å². The minimum atomic E-state index is -0.575. The van der Waals surface area contributed by atoms with Crippen molar-refractivity contribution in [3.8, 4) is 5.75 Å². The van der Waals surface area contributed by atoms with Gasteiger partial charge in [-0.05, 0) is 32.0 Å². The topological polar surface area (TPSA) is 125 Å². The molecule has 1 aromatic carbocycles. The van der Waals surface area contributed by atoms with Crippen LogP contribution in [-0.4, -0.2) is 43.3 Å². The predicted molar refractivity (Wildman–Crippen MR) is 99.3 cm³/mol. The number of nitro benzene ring substituents is 1. The van der Waals surface area contributed by atoms with Crippen molar-refractivity contribution in [2.24, 2.45) is 0 Å². The van der Waals surface area contributed by atoms with Crippen molar-refractivity contribution in [1.29, 1.82) is 0 Å². The minimum Gasteiger partial charge on any atom is -0.496 e. The molecule has 0 aliphatic heterocycles. The number of aryl methyl sites for hydroxylation is 2. The van der Waals surface area contributed by atoms with E-state index in [4.69, 9.17) is 4.74 Å². The number of carbonyl (C=O) groups excluding carboxylic acids is 1. The molecular weight excluding hydrogens is 372 g/mol. The van der Waals surface area contributed by atoms with Gasteiger partial charge in [0.1, 0.15) is 11.4 Å². The third-order valence-electron chi connectivity index (χ3n) is 3.67. The monoisotopic (exact) mass is 388 g/mol. The molecule has 0 spiro atoms. The first-order valence-corrected chi connectivity index (χ1v) is 8.82. The molecule has 10 nitrogen and oxygen atoms in total. The highest BCUT2D eigenvalue weighted by Gasteiger charge is 2.18. The summed E-state index contributed by atoms with van der Waals surface area (Å²) in [4.78, 5) is 27.2. The van der Waals surface area contributed by atoms with Gasteiger partial charge in [-0.25, -0.2) is 4.98 Å². The lowest BCUT2D eigenvalue weighted by Gasteiger charge is -2.07. The van der Waals surface area contributed by atoms with Gasteiger partial charge in [0.25, 0.3) is 11.5 Å². The standard InChI is InChI=1S/C16H16N6O4S/c1-9-6-10(2)21-15(17-9)19-20-16(21)27-8-14(23)18-12-5-4-11(26-3)7-13(12)22(24)25/h4-7H,8H2,1-3H3,(H,18,23). The fourth-order valence-corrected chi connectivity index (χ4v) is 3.29. The van der Waals surface area contributed by atoms with Crippen LogP contribution >= 0.6 is 11.8 Å². The molecule has 2 aromatic heterocycles. The number of hydrogen-bond donors (Lipinski definition) is 1. The highest BCUT2D eigenvalue weighted by Crippen LogP contribution is 2.29. The number of fused-ring (bicyclic) bond motifs is 1. The Morgan fingerprint density at radius 3 is 2.81 bits per heavy atom. The average Bonchev–Trinajstić information content (AvgIpc) is 3.03. The normalized spacial score (nSPS) is 10.8. The molecule has 0 unspecified atom stereocenters. The van der Waals surface area contributed by atoms with Gasteiger partial charge in [-0.3, -0.25) is 19.3 Å². The van der Waals surface area contributed by atoms with Crippen LogP contribution < -0.4 is 10.1 Å². The smallest absolute Gasteiger partial charge is 0.296 e. The molecule has 1 N–H and O–H groups in total. The Morgan fingerprint density at radius 2 is 2.11 bits per heavy atom. The van der Waals surface area contributed by atoms with Gasteiger partial charge in [0.15, 0.2) is 5.16 Å². The molecule has 2 heterocycles. The van der Waals surface area contributed by atoms with E-state index in [9.17, 15) is 14.9 Å². The Balaban J connectivity index is 1.73. The zero-order valence-corrected chi connectivity index (χ0v) is 15.6. The molecule has 0 aliphatic rings. The number of ether oxygens (including phenoxy) is 1. The van der Waals surface area contributed by atoms with Crippen LogP contribution in [0.1, 0.15) is 11.4 Å². The van der Waals surface area contributed by atoms with E-state index in [1.54, 1.807) is 10.5 Å². The molecule has 0 bridgehead atoms. The number of nitro groups is 1. The van der Waals surface area contributed by atoms with Crippen molar-refractivity contribution in [3.05, 3.63) is 45.8 Å². The number of carbonyl (C=O) groups is 1. The van der Waals surface area contributed by atoms with Crippen molar-refractivity contribution in [1.82, 2.24) is 19.6 Å². The Kier molecular flexibility index (Phi) is 5.21. The minimum absolute atomic E-state index is 0.0112. The number of methoxy groups -OCH3 is 1. The van der Waals surface area contributed by atoms with Gasteiger partial charge < -0.3 is 10.1 Å². The molecule has 11 heteroatoms. The highest BCUT2D eigenvalue weighted by atomic mass is 32.2. The SMILES string of the molecule is COc1ccc(NC(=O)CSc2nnc3nc(C)cc(C)n23)c([N+](=O)[O-])c1. The van der Waals surface area contributed by atoms with Crippen molar-refractivity contribution in [2.45, 2.75) is 19.0 Å². The van der Waals surface area contributed by atoms with Crippen molar-refractivity contribution in [3.63, 3.8) is 0 Å². The maximum absolute atomic E-state index is 12.3. The fraction of sp³-hybridized carbons (Fsp3) is 0.250. The molecule has 0 aliphatic carbocycles. The molecular formula is C16H16N6O4S. The van der Waals surface area contributed by atoms with Crippen LogP contribution in [0, 0.1) is 24.0 Å². The zero-order valence-electron chi connectivity index (χ0n) is 14.8. The van der Waals surface area contributed by atoms with E-state index in [1.165, 1.54) is 31.0 Å². The van der Waals surface area contributed by atoms with Crippen LogP contribution in [0.15, 0.2) is 29.4 Å². The van der Waals surface area contributed by atoms with Gasteiger partial charge in [-0.1, -0.05) is 11.8 Å². The lowest BCUT2D eigenvalue weighted by Crippen LogP contribution is -2.15. The lowest BCUT2D eigenvalue weighted by atomic mass is 10.2. The molecule has 27 heavy (non-hydrogen) atoms. The maximum Gasteiger partial charge on any atom is 0.296 e. The number of nitrogens with zero attached hydrogens (tertiary/aromatic N) is 5. The first-order valence-electron chi connectivity index (χ1n) is 7.83. The molecule has 0 radical (unpaired) electrons. The summed E-state index contributed by atoms with van der Waals surface area (Å²) in [6.07, 6.45) is 0. The Bertz CT molecular complexity index is 1040. The first kappa shape index (κ1) is 18.6. The van der Waals surface area contributed by atoms with Crippen LogP contribution in [-0.2, 0) is 4.79 Å². The second kappa shape index (κ2) is 7.58. The summed E-state index contributed by atoms with van der Waals surface area (Å²) in [5.74, 6) is 0.406. The summed E-state index contributed by atoms with van der Waals surface area (Å²) in [5.41, 5.74) is 1.59. The molecule has 140 valence electrons. The fourth-order valence-electron chi connectivity index (χ4n) is 2.51. The first-order chi connectivity index (χ1) is 12.9. The number of anilines is 1. The maximum atomic E-state index is 12.3. The Labute approximate surface area is 158 Å². The van der Waals surface area contributed by atoms with Crippen LogP contribution in [0.2, 0.25) is 0 Å². The van der Waals surface area contributed by atoms with Gasteiger partial charge in [-0.15, -0.1) is 10.2 Å². The van der Waals surface area contributed by atoms with Crippen LogP contribution in [0.25, 0.3) is 5.78 Å². The quantitative estimate of drug-likeness (QED) is 0.388. The van der Waals surface area contributed by atoms with Gasteiger partial charge in [0.2, 0.25) is 5.91 Å². The van der Waals surface area contributed by atoms with Crippen LogP contribution in [0.4, 0.5) is 11.4 Å². The van der Waals surface area contributed by atoms with E-state index < -0.39 is 10.8 Å². The number of aromatic nitrogens is 4. The zero-order chi connectivity index (χ0) is 19.6. The average molecular weight is 388 g/mol. The second-order valence-corrected chi connectivity index (χ2v) is 6.58. The van der Waals surface area contributed by atoms with E-state index in [0.29, 0.717) is 16.7 Å². The molecule has 0 atom stereocenters. The number of benzene rings is 1. The van der Waals surface area contributed by atoms with Crippen molar-refractivity contribution < 1.29 is 14.5 Å². The molecule has 3 aromatic rings. The van der Waals surface area contributed by atoms with Crippen molar-refractivity contribution in [2.75, 3.05) is 18.2 Å². The number of amides is 1. The largest absolute Gasteiger partial charge is 0.496 e. The Hall–Kier alpha value is -3.21. The number of rotatable bonds is 6. The van der Waals surface area contributed by atoms with E-state index in [2.05, 4.69) is 20.5 Å². The molecule has 1 amide bonds. The van der Waals surface area contributed by atoms with E-state index in [0.717, 1.165) is 11.4 Å². The van der Waals surface area contributed by atoms with E-state index >= 15 is 0 Å². The van der Waals surface area contributed by atoms with Gasteiger partial charge in [-0.2, -0.15) is 0 Å². The molecule has 0 saturated heterocycles. The number of hydrogen-bond acceptors (Lipinski definition) is 8. The van der Waals surface area contributed by atoms with Gasteiger partial charge in [0.05, 0.1) is 23.9 Å². The summed E-state index contributed by atoms with van der Waals surface area (Å²) in [7, 11) is 1.41. The predicted octanol–water partition coefficient (Wildman–Crippen LogP) is 2.39. The molecule has 0 saturated carbocycles. The number of nitrogens with one attached hydrogen (secondary N) is 1. The number of thioether (sulfide) groups is 1. The third kappa shape index (κ3) is 3.97. The van der Waals surface area contributed by atoms with E-state index in [1.807, 2.05) is 19.9 Å². The molecule has 0 fully saturated rings. The van der Waals surface area contributed by atoms with Crippen molar-refractivity contribution >= 4 is 34.8 Å². The lowest BCUT2D eigenvalue weighted by molar-refractivity contribution is -0.384. The summed E-state index contributed by atoms with van der Waals surface area (Å²) in [5, 5.41) is 22.3. The summed E-state index contributed by atoms with van der Waals surface area (Å²) >= 11 is 1.17. The van der Waals surface area contributed by atoms with Gasteiger partial charge >= 0.3 is 0 Å². The summed E-state index contributed by atoms with van der Waals surface area (Å²) in [6.45, 7) is 3.76. The van der Waals surface area contributed by atoms with Gasteiger partial charge in [0, 0.05) is 11.4 Å². The Morgan fingerprint density at radius 1 is 1.33 bits per heavy atom. The second-order valence-electron chi connectivity index (χ2n) is 5.63. The van der Waals surface area contributed by atoms with E-state index in [-0.39, 0.29) is 17.1 Å². The highest BCUT2D eigenvalue weighted by molar-refractivity contribution is 7.99. The molecule has 3 rings (SSSR count). The third-order valence-corrected chi connectivity index (χ3v) is 4.60. The summed E-state index contributed by atoms with van der Waals surface area (Å²) < 4.78 is 6.73.